The molecule has 3 aromatic rings. The number of phenolic OH excluding ortho intramolecular Hbond substituents is 1. The van der Waals surface area contributed by atoms with Gasteiger partial charge >= 0.3 is 0 Å². The minimum absolute atomic E-state index is 0.110. The molecule has 0 saturated heterocycles. The van der Waals surface area contributed by atoms with Crippen LogP contribution < -0.4 is 11.1 Å². The van der Waals surface area contributed by atoms with Crippen molar-refractivity contribution in [3.05, 3.63) is 71.0 Å². The molecule has 0 aliphatic heterocycles. The first-order chi connectivity index (χ1) is 11.4. The summed E-state index contributed by atoms with van der Waals surface area (Å²) in [5.41, 5.74) is 7.55. The van der Waals surface area contributed by atoms with Crippen molar-refractivity contribution in [1.29, 1.82) is 0 Å². The number of phenols is 1. The maximum atomic E-state index is 13.3. The van der Waals surface area contributed by atoms with Crippen LogP contribution in [0.4, 0.5) is 14.5 Å². The normalized spacial score (nSPS) is 11.7. The SMILES string of the molecule is N/C(=C\Nc1cc(F)c(O)c(F)c1)c1ccc2cc(Cl)ccc2n1. The molecule has 0 unspecified atom stereocenters. The molecule has 0 atom stereocenters. The number of fused-ring (bicyclic) bond motifs is 1. The molecule has 0 fully saturated rings. The Hall–Kier alpha value is -2.86. The van der Waals surface area contributed by atoms with Crippen LogP contribution in [0.25, 0.3) is 16.6 Å². The summed E-state index contributed by atoms with van der Waals surface area (Å²) in [4.78, 5) is 4.40. The Balaban J connectivity index is 1.87. The molecule has 3 rings (SSSR count). The van der Waals surface area contributed by atoms with Gasteiger partial charge in [0.2, 0.25) is 0 Å². The predicted molar refractivity (Wildman–Crippen MR) is 90.6 cm³/mol. The zero-order chi connectivity index (χ0) is 17.3. The van der Waals surface area contributed by atoms with E-state index in [0.717, 1.165) is 23.0 Å². The molecule has 0 amide bonds. The number of anilines is 1. The number of hydrogen-bond acceptors (Lipinski definition) is 4. The molecule has 4 N–H and O–H groups in total. The molecule has 0 aliphatic carbocycles. The van der Waals surface area contributed by atoms with Gasteiger partial charge in [0.15, 0.2) is 17.4 Å². The summed E-state index contributed by atoms with van der Waals surface area (Å²) in [6.07, 6.45) is 1.37. The van der Waals surface area contributed by atoms with Crippen molar-refractivity contribution in [2.45, 2.75) is 0 Å². The van der Waals surface area contributed by atoms with Gasteiger partial charge in [0.25, 0.3) is 0 Å². The molecule has 24 heavy (non-hydrogen) atoms. The number of pyridine rings is 1. The Morgan fingerprint density at radius 2 is 1.83 bits per heavy atom. The van der Waals surface area contributed by atoms with E-state index in [9.17, 15) is 8.78 Å². The first-order valence-electron chi connectivity index (χ1n) is 6.91. The number of aromatic hydroxyl groups is 1. The quantitative estimate of drug-likeness (QED) is 0.620. The van der Waals surface area contributed by atoms with E-state index in [1.54, 1.807) is 24.3 Å². The smallest absolute Gasteiger partial charge is 0.187 e. The third kappa shape index (κ3) is 3.23. The highest BCUT2D eigenvalue weighted by atomic mass is 35.5. The molecule has 0 saturated carbocycles. The van der Waals surface area contributed by atoms with E-state index in [4.69, 9.17) is 22.4 Å². The third-order valence-electron chi connectivity index (χ3n) is 3.36. The van der Waals surface area contributed by atoms with Crippen LogP contribution in [0.5, 0.6) is 5.75 Å². The maximum absolute atomic E-state index is 13.3. The highest BCUT2D eigenvalue weighted by Gasteiger charge is 2.09. The lowest BCUT2D eigenvalue weighted by Crippen LogP contribution is -2.03. The Morgan fingerprint density at radius 1 is 1.12 bits per heavy atom. The monoisotopic (exact) mass is 347 g/mol. The van der Waals surface area contributed by atoms with Crippen molar-refractivity contribution in [2.24, 2.45) is 5.73 Å². The zero-order valence-electron chi connectivity index (χ0n) is 12.2. The van der Waals surface area contributed by atoms with Crippen molar-refractivity contribution >= 4 is 33.9 Å². The van der Waals surface area contributed by atoms with E-state index < -0.39 is 17.4 Å². The Morgan fingerprint density at radius 3 is 2.54 bits per heavy atom. The first-order valence-corrected chi connectivity index (χ1v) is 7.29. The highest BCUT2D eigenvalue weighted by Crippen LogP contribution is 2.24. The first kappa shape index (κ1) is 16.0. The molecule has 0 bridgehead atoms. The number of rotatable bonds is 3. The summed E-state index contributed by atoms with van der Waals surface area (Å²) in [7, 11) is 0. The highest BCUT2D eigenvalue weighted by molar-refractivity contribution is 6.31. The van der Waals surface area contributed by atoms with Crippen LogP contribution in [0.2, 0.25) is 5.02 Å². The molecule has 1 aromatic heterocycles. The van der Waals surface area contributed by atoms with Crippen LogP contribution in [0.1, 0.15) is 5.69 Å². The van der Waals surface area contributed by atoms with E-state index in [0.29, 0.717) is 10.7 Å². The minimum Gasteiger partial charge on any atom is -0.503 e. The Labute approximate surface area is 141 Å². The molecule has 0 spiro atoms. The zero-order valence-corrected chi connectivity index (χ0v) is 13.0. The number of benzene rings is 2. The van der Waals surface area contributed by atoms with Gasteiger partial charge in [-0.3, -0.25) is 0 Å². The molecular formula is C17H12ClF2N3O. The van der Waals surface area contributed by atoms with Crippen molar-refractivity contribution < 1.29 is 13.9 Å². The van der Waals surface area contributed by atoms with Crippen LogP contribution in [0, 0.1) is 11.6 Å². The second kappa shape index (κ2) is 6.33. The van der Waals surface area contributed by atoms with E-state index in [2.05, 4.69) is 10.3 Å². The van der Waals surface area contributed by atoms with Gasteiger partial charge in [0, 0.05) is 34.4 Å². The molecule has 1 heterocycles. The summed E-state index contributed by atoms with van der Waals surface area (Å²) in [6, 6.07) is 10.7. The van der Waals surface area contributed by atoms with E-state index in [-0.39, 0.29) is 11.4 Å². The second-order valence-corrected chi connectivity index (χ2v) is 5.50. The van der Waals surface area contributed by atoms with Gasteiger partial charge in [0.1, 0.15) is 0 Å². The van der Waals surface area contributed by atoms with Crippen molar-refractivity contribution in [1.82, 2.24) is 4.98 Å². The fourth-order valence-electron chi connectivity index (χ4n) is 2.14. The van der Waals surface area contributed by atoms with Crippen molar-refractivity contribution in [2.75, 3.05) is 5.32 Å². The average Bonchev–Trinajstić information content (AvgIpc) is 2.56. The number of aromatic nitrogens is 1. The molecule has 122 valence electrons. The standard InChI is InChI=1S/C17H12ClF2N3O/c18-10-2-4-15-9(5-10)1-3-16(23-15)14(21)8-22-11-6-12(19)17(24)13(20)7-11/h1-8,22,24H,21H2/b14-8-. The molecule has 4 nitrogen and oxygen atoms in total. The van der Waals surface area contributed by atoms with Crippen molar-refractivity contribution in [3.63, 3.8) is 0 Å². The number of nitrogens with zero attached hydrogens (tertiary/aromatic N) is 1. The number of nitrogens with one attached hydrogen (secondary N) is 1. The van der Waals surface area contributed by atoms with Gasteiger partial charge in [-0.15, -0.1) is 0 Å². The van der Waals surface area contributed by atoms with E-state index in [1.165, 1.54) is 6.20 Å². The minimum atomic E-state index is -1.06. The van der Waals surface area contributed by atoms with Crippen LogP contribution in [0.3, 0.4) is 0 Å². The van der Waals surface area contributed by atoms with Gasteiger partial charge in [-0.25, -0.2) is 13.8 Å². The van der Waals surface area contributed by atoms with Gasteiger partial charge < -0.3 is 16.2 Å². The summed E-state index contributed by atoms with van der Waals surface area (Å²) in [5.74, 6) is -3.15. The van der Waals surface area contributed by atoms with E-state index in [1.807, 2.05) is 6.07 Å². The number of hydrogen-bond donors (Lipinski definition) is 3. The molecule has 0 aliphatic rings. The summed E-state index contributed by atoms with van der Waals surface area (Å²) >= 11 is 5.92. The predicted octanol–water partition coefficient (Wildman–Crippen LogP) is 4.24. The lowest BCUT2D eigenvalue weighted by atomic mass is 10.2. The topological polar surface area (TPSA) is 71.2 Å². The largest absolute Gasteiger partial charge is 0.503 e. The van der Waals surface area contributed by atoms with Gasteiger partial charge in [-0.05, 0) is 24.3 Å². The maximum Gasteiger partial charge on any atom is 0.187 e. The molecule has 2 aromatic carbocycles. The fourth-order valence-corrected chi connectivity index (χ4v) is 2.32. The third-order valence-corrected chi connectivity index (χ3v) is 3.59. The van der Waals surface area contributed by atoms with Crippen LogP contribution >= 0.6 is 11.6 Å². The van der Waals surface area contributed by atoms with Crippen LogP contribution in [-0.2, 0) is 0 Å². The van der Waals surface area contributed by atoms with Gasteiger partial charge in [-0.2, -0.15) is 0 Å². The lowest BCUT2D eigenvalue weighted by molar-refractivity contribution is 0.396. The fraction of sp³-hybridized carbons (Fsp3) is 0. The number of nitrogens with two attached hydrogens (primary N) is 1. The summed E-state index contributed by atoms with van der Waals surface area (Å²) in [6.45, 7) is 0. The summed E-state index contributed by atoms with van der Waals surface area (Å²) in [5, 5.41) is 13.2. The molecular weight excluding hydrogens is 336 g/mol. The Kier molecular flexibility index (Phi) is 4.22. The second-order valence-electron chi connectivity index (χ2n) is 5.07. The molecule has 7 heteroatoms. The van der Waals surface area contributed by atoms with E-state index >= 15 is 0 Å². The van der Waals surface area contributed by atoms with Crippen LogP contribution in [-0.4, -0.2) is 10.1 Å². The number of halogens is 3. The Bertz CT molecular complexity index is 937. The average molecular weight is 348 g/mol. The molecule has 0 radical (unpaired) electrons. The van der Waals surface area contributed by atoms with Gasteiger partial charge in [0.05, 0.1) is 16.9 Å². The van der Waals surface area contributed by atoms with Crippen molar-refractivity contribution in [3.8, 4) is 5.75 Å². The summed E-state index contributed by atoms with van der Waals surface area (Å²) < 4.78 is 26.6. The lowest BCUT2D eigenvalue weighted by Gasteiger charge is -2.07. The van der Waals surface area contributed by atoms with Crippen LogP contribution in [0.15, 0.2) is 48.7 Å². The van der Waals surface area contributed by atoms with Gasteiger partial charge in [-0.1, -0.05) is 17.7 Å².